The minimum absolute atomic E-state index is 0.434. The Hall–Kier alpha value is -2.54. The summed E-state index contributed by atoms with van der Waals surface area (Å²) >= 11 is 0. The highest BCUT2D eigenvalue weighted by molar-refractivity contribution is 5.51. The molecule has 1 aliphatic heterocycles. The van der Waals surface area contributed by atoms with Gasteiger partial charge < -0.3 is 4.42 Å². The monoisotopic (exact) mass is 310 g/mol. The zero-order chi connectivity index (χ0) is 15.5. The molecule has 1 saturated heterocycles. The summed E-state index contributed by atoms with van der Waals surface area (Å²) in [5.41, 5.74) is 0.951. The Balaban J connectivity index is 1.44. The first kappa shape index (κ1) is 14.1. The van der Waals surface area contributed by atoms with Gasteiger partial charge in [-0.3, -0.25) is 9.58 Å². The maximum Gasteiger partial charge on any atom is 0.247 e. The van der Waals surface area contributed by atoms with E-state index in [2.05, 4.69) is 25.2 Å². The van der Waals surface area contributed by atoms with Gasteiger partial charge in [-0.15, -0.1) is 10.2 Å². The lowest BCUT2D eigenvalue weighted by Gasteiger charge is -2.22. The van der Waals surface area contributed by atoms with E-state index in [-0.39, 0.29) is 0 Å². The Morgan fingerprint density at radius 2 is 2.09 bits per heavy atom. The number of hydrogen-bond donors (Lipinski definition) is 0. The molecule has 4 rings (SSSR count). The van der Waals surface area contributed by atoms with Crippen molar-refractivity contribution in [3.63, 3.8) is 0 Å². The molecule has 7 nitrogen and oxygen atoms in total. The molecule has 7 heteroatoms. The van der Waals surface area contributed by atoms with Gasteiger partial charge in [-0.2, -0.15) is 5.10 Å². The predicted molar refractivity (Wildman–Crippen MR) is 83.2 cm³/mol. The molecule has 0 amide bonds. The summed E-state index contributed by atoms with van der Waals surface area (Å²) in [5.74, 6) is 1.24. The largest absolute Gasteiger partial charge is 0.419 e. The molecule has 3 aromatic rings. The lowest BCUT2D eigenvalue weighted by atomic mass is 10.2. The van der Waals surface area contributed by atoms with E-state index in [0.29, 0.717) is 24.4 Å². The van der Waals surface area contributed by atoms with Gasteiger partial charge in [0.15, 0.2) is 0 Å². The molecule has 2 aromatic heterocycles. The molecule has 1 aliphatic rings. The standard InChI is InChI=1S/C16H18N6O/c1-2-5-13(6-3-1)16-20-19-15(23-16)10-21-8-4-7-14(21)9-22-12-17-11-18-22/h1-3,5-6,11-12,14H,4,7-10H2/t14-/m0/s1. The van der Waals surface area contributed by atoms with E-state index in [1.165, 1.54) is 6.42 Å². The Morgan fingerprint density at radius 3 is 2.91 bits per heavy atom. The highest BCUT2D eigenvalue weighted by atomic mass is 16.4. The van der Waals surface area contributed by atoms with Crippen molar-refractivity contribution in [2.24, 2.45) is 0 Å². The van der Waals surface area contributed by atoms with Gasteiger partial charge in [-0.05, 0) is 31.5 Å². The van der Waals surface area contributed by atoms with Crippen LogP contribution in [-0.4, -0.2) is 42.4 Å². The number of hydrogen-bond acceptors (Lipinski definition) is 6. The van der Waals surface area contributed by atoms with Crippen LogP contribution in [-0.2, 0) is 13.1 Å². The van der Waals surface area contributed by atoms with E-state index >= 15 is 0 Å². The van der Waals surface area contributed by atoms with Crippen LogP contribution < -0.4 is 0 Å². The maximum absolute atomic E-state index is 5.82. The van der Waals surface area contributed by atoms with Crippen molar-refractivity contribution < 1.29 is 4.42 Å². The van der Waals surface area contributed by atoms with Crippen LogP contribution in [0.15, 0.2) is 47.4 Å². The second-order valence-corrected chi connectivity index (χ2v) is 5.75. The van der Waals surface area contributed by atoms with Gasteiger partial charge in [-0.25, -0.2) is 4.98 Å². The molecule has 1 atom stereocenters. The zero-order valence-electron chi connectivity index (χ0n) is 12.7. The molecule has 1 fully saturated rings. The lowest BCUT2D eigenvalue weighted by Crippen LogP contribution is -2.32. The van der Waals surface area contributed by atoms with Crippen molar-refractivity contribution in [2.45, 2.75) is 32.0 Å². The van der Waals surface area contributed by atoms with Crippen LogP contribution in [0.5, 0.6) is 0 Å². The summed E-state index contributed by atoms with van der Waals surface area (Å²) in [5, 5.41) is 12.5. The third kappa shape index (κ3) is 3.14. The van der Waals surface area contributed by atoms with Crippen molar-refractivity contribution in [3.8, 4) is 11.5 Å². The average Bonchev–Trinajstić information content (AvgIpc) is 3.33. The van der Waals surface area contributed by atoms with E-state index in [1.54, 1.807) is 12.7 Å². The van der Waals surface area contributed by atoms with Gasteiger partial charge in [0.25, 0.3) is 0 Å². The van der Waals surface area contributed by atoms with Gasteiger partial charge in [0, 0.05) is 11.6 Å². The topological polar surface area (TPSA) is 72.9 Å². The Morgan fingerprint density at radius 1 is 1.17 bits per heavy atom. The molecule has 0 saturated carbocycles. The number of nitrogens with zero attached hydrogens (tertiary/aromatic N) is 6. The van der Waals surface area contributed by atoms with E-state index in [1.807, 2.05) is 35.0 Å². The summed E-state index contributed by atoms with van der Waals surface area (Å²) in [6.45, 7) is 2.57. The molecule has 0 bridgehead atoms. The van der Waals surface area contributed by atoms with Crippen molar-refractivity contribution >= 4 is 0 Å². The van der Waals surface area contributed by atoms with Crippen LogP contribution in [0.3, 0.4) is 0 Å². The SMILES string of the molecule is c1ccc(-c2nnc(CN3CCC[C@H]3Cn3cncn3)o2)cc1. The molecular formula is C16H18N6O. The quantitative estimate of drug-likeness (QED) is 0.717. The smallest absolute Gasteiger partial charge is 0.247 e. The first-order valence-electron chi connectivity index (χ1n) is 7.83. The summed E-state index contributed by atoms with van der Waals surface area (Å²) in [6.07, 6.45) is 5.67. The third-order valence-corrected chi connectivity index (χ3v) is 4.19. The molecule has 3 heterocycles. The molecule has 1 aromatic carbocycles. The van der Waals surface area contributed by atoms with Gasteiger partial charge in [0.1, 0.15) is 12.7 Å². The van der Waals surface area contributed by atoms with Gasteiger partial charge >= 0.3 is 0 Å². The summed E-state index contributed by atoms with van der Waals surface area (Å²) in [4.78, 5) is 6.38. The van der Waals surface area contributed by atoms with Crippen LogP contribution in [0.4, 0.5) is 0 Å². The molecule has 0 spiro atoms. The first-order chi connectivity index (χ1) is 11.4. The summed E-state index contributed by atoms with van der Waals surface area (Å²) in [7, 11) is 0. The Bertz CT molecular complexity index is 739. The second-order valence-electron chi connectivity index (χ2n) is 5.75. The Labute approximate surface area is 134 Å². The number of aromatic nitrogens is 5. The normalized spacial score (nSPS) is 18.5. The Kier molecular flexibility index (Phi) is 3.85. The molecule has 0 radical (unpaired) electrons. The van der Waals surface area contributed by atoms with Gasteiger partial charge in [-0.1, -0.05) is 18.2 Å². The van der Waals surface area contributed by atoms with Crippen molar-refractivity contribution in [1.29, 1.82) is 0 Å². The molecule has 23 heavy (non-hydrogen) atoms. The van der Waals surface area contributed by atoms with Crippen LogP contribution in [0.25, 0.3) is 11.5 Å². The van der Waals surface area contributed by atoms with E-state index in [4.69, 9.17) is 4.42 Å². The van der Waals surface area contributed by atoms with Crippen molar-refractivity contribution in [3.05, 3.63) is 48.9 Å². The zero-order valence-corrected chi connectivity index (χ0v) is 12.7. The highest BCUT2D eigenvalue weighted by Gasteiger charge is 2.26. The first-order valence-corrected chi connectivity index (χ1v) is 7.83. The lowest BCUT2D eigenvalue weighted by molar-refractivity contribution is 0.200. The van der Waals surface area contributed by atoms with Crippen LogP contribution >= 0.6 is 0 Å². The highest BCUT2D eigenvalue weighted by Crippen LogP contribution is 2.23. The van der Waals surface area contributed by atoms with Crippen LogP contribution in [0.2, 0.25) is 0 Å². The number of rotatable bonds is 5. The predicted octanol–water partition coefficient (Wildman–Crippen LogP) is 1.99. The van der Waals surface area contributed by atoms with Crippen molar-refractivity contribution in [1.82, 2.24) is 29.9 Å². The third-order valence-electron chi connectivity index (χ3n) is 4.19. The number of likely N-dealkylation sites (tertiary alicyclic amines) is 1. The molecule has 0 aliphatic carbocycles. The average molecular weight is 310 g/mol. The molecule has 0 unspecified atom stereocenters. The molecule has 0 N–H and O–H groups in total. The summed E-state index contributed by atoms with van der Waals surface area (Å²) in [6, 6.07) is 10.3. The fourth-order valence-electron chi connectivity index (χ4n) is 3.04. The van der Waals surface area contributed by atoms with Crippen LogP contribution in [0.1, 0.15) is 18.7 Å². The summed E-state index contributed by atoms with van der Waals surface area (Å²) < 4.78 is 7.70. The fraction of sp³-hybridized carbons (Fsp3) is 0.375. The van der Waals surface area contributed by atoms with E-state index in [0.717, 1.165) is 25.1 Å². The maximum atomic E-state index is 5.82. The van der Waals surface area contributed by atoms with Gasteiger partial charge in [0.2, 0.25) is 11.8 Å². The van der Waals surface area contributed by atoms with Crippen LogP contribution in [0, 0.1) is 0 Å². The molecular weight excluding hydrogens is 292 g/mol. The van der Waals surface area contributed by atoms with E-state index in [9.17, 15) is 0 Å². The van der Waals surface area contributed by atoms with Crippen molar-refractivity contribution in [2.75, 3.05) is 6.54 Å². The number of benzene rings is 1. The fourth-order valence-corrected chi connectivity index (χ4v) is 3.04. The van der Waals surface area contributed by atoms with Gasteiger partial charge in [0.05, 0.1) is 13.1 Å². The minimum Gasteiger partial charge on any atom is -0.419 e. The molecule has 118 valence electrons. The minimum atomic E-state index is 0.434. The second kappa shape index (κ2) is 6.29. The van der Waals surface area contributed by atoms with E-state index < -0.39 is 0 Å².